The molecule has 8 rings (SSSR count). The Morgan fingerprint density at radius 1 is 1.24 bits per heavy atom. The summed E-state index contributed by atoms with van der Waals surface area (Å²) in [6.45, 7) is 4.21. The smallest absolute Gasteiger partial charge is 0.319 e. The van der Waals surface area contributed by atoms with E-state index in [9.17, 15) is 18.8 Å². The molecule has 0 bridgehead atoms. The van der Waals surface area contributed by atoms with Gasteiger partial charge >= 0.3 is 6.01 Å². The fourth-order valence-electron chi connectivity index (χ4n) is 7.94. The van der Waals surface area contributed by atoms with Gasteiger partial charge in [0.1, 0.15) is 34.8 Å². The number of ether oxygens (including phenoxy) is 1. The summed E-state index contributed by atoms with van der Waals surface area (Å²) in [5, 5.41) is 14.8. The molecule has 3 aromatic heterocycles. The summed E-state index contributed by atoms with van der Waals surface area (Å²) in [4.78, 5) is 26.7. The van der Waals surface area contributed by atoms with Crippen molar-refractivity contribution in [1.29, 1.82) is 5.26 Å². The van der Waals surface area contributed by atoms with E-state index < -0.39 is 17.2 Å². The zero-order valence-corrected chi connectivity index (χ0v) is 29.1. The first kappa shape index (κ1) is 33.4. The first-order valence-electron chi connectivity index (χ1n) is 16.7. The molecule has 0 aliphatic carbocycles. The van der Waals surface area contributed by atoms with Crippen molar-refractivity contribution in [3.05, 3.63) is 70.3 Å². The van der Waals surface area contributed by atoms with Crippen molar-refractivity contribution in [2.45, 2.75) is 44.6 Å². The highest BCUT2D eigenvalue weighted by Crippen LogP contribution is 2.46. The highest BCUT2D eigenvalue weighted by atomic mass is 35.5. The second-order valence-corrected chi connectivity index (χ2v) is 15.0. The largest absolute Gasteiger partial charge is 0.461 e. The molecule has 262 valence electrons. The number of halogens is 4. The Morgan fingerprint density at radius 3 is 2.76 bits per heavy atom. The van der Waals surface area contributed by atoms with Gasteiger partial charge in [-0.3, -0.25) is 9.69 Å². The second kappa shape index (κ2) is 12.8. The lowest BCUT2D eigenvalue weighted by Crippen LogP contribution is -2.43. The number of carbonyl (C=O) groups is 1. The molecule has 15 heteroatoms. The van der Waals surface area contributed by atoms with Crippen molar-refractivity contribution in [2.24, 2.45) is 5.92 Å². The van der Waals surface area contributed by atoms with Gasteiger partial charge in [0, 0.05) is 48.1 Å². The fraction of sp³-hybridized carbons (Fsp3) is 0.361. The van der Waals surface area contributed by atoms with Crippen molar-refractivity contribution in [2.75, 3.05) is 43.4 Å². The Kier molecular flexibility index (Phi) is 8.40. The molecule has 3 fully saturated rings. The lowest BCUT2D eigenvalue weighted by atomic mass is 9.94. The standard InChI is InChI=1S/C36H32ClF3N8O2S/c1-19-5-12-48(45-19)34(49)21-6-10-46(11-7-21)33-23-13-25(37)28(22-3-4-26(39)31-27(22)24(16-41)32(42)51-31)29(40)30(23)43-35(44-33)50-18-36-8-2-9-47(36)17-20(14-36)15-38/h3-5,12-13,15,21H,2,6-11,14,17-18,42H2,1H3/b20-15-/t36-/m0/s1. The van der Waals surface area contributed by atoms with Crippen LogP contribution in [0.15, 0.2) is 42.4 Å². The lowest BCUT2D eigenvalue weighted by Gasteiger charge is -2.33. The minimum atomic E-state index is -0.796. The molecule has 10 nitrogen and oxygen atoms in total. The summed E-state index contributed by atoms with van der Waals surface area (Å²) >= 11 is 7.77. The summed E-state index contributed by atoms with van der Waals surface area (Å²) in [7, 11) is 0. The van der Waals surface area contributed by atoms with Gasteiger partial charge in [0.25, 0.3) is 0 Å². The van der Waals surface area contributed by atoms with Crippen LogP contribution in [-0.2, 0) is 0 Å². The van der Waals surface area contributed by atoms with E-state index in [4.69, 9.17) is 27.1 Å². The number of nitrogens with zero attached hydrogens (tertiary/aromatic N) is 7. The zero-order chi connectivity index (χ0) is 35.6. The highest BCUT2D eigenvalue weighted by molar-refractivity contribution is 7.23. The topological polar surface area (TPSA) is 126 Å². The van der Waals surface area contributed by atoms with Gasteiger partial charge in [0.05, 0.1) is 32.8 Å². The van der Waals surface area contributed by atoms with E-state index in [1.807, 2.05) is 17.9 Å². The Morgan fingerprint density at radius 2 is 2.04 bits per heavy atom. The number of aromatic nitrogens is 4. The molecule has 0 unspecified atom stereocenters. The maximum atomic E-state index is 17.1. The molecule has 6 heterocycles. The number of benzene rings is 2. The quantitative estimate of drug-likeness (QED) is 0.190. The molecule has 2 aromatic carbocycles. The minimum absolute atomic E-state index is 0.0104. The summed E-state index contributed by atoms with van der Waals surface area (Å²) in [5.41, 5.74) is 7.21. The van der Waals surface area contributed by atoms with E-state index in [2.05, 4.69) is 15.0 Å². The maximum Gasteiger partial charge on any atom is 0.319 e. The molecule has 2 N–H and O–H groups in total. The van der Waals surface area contributed by atoms with Crippen LogP contribution in [0.25, 0.3) is 32.1 Å². The van der Waals surface area contributed by atoms with Gasteiger partial charge in [-0.15, -0.1) is 11.3 Å². The summed E-state index contributed by atoms with van der Waals surface area (Å²) in [6.07, 6.45) is 5.61. The number of fused-ring (bicyclic) bond motifs is 3. The number of nitrogen functional groups attached to an aromatic ring is 1. The second-order valence-electron chi connectivity index (χ2n) is 13.5. The van der Waals surface area contributed by atoms with Crippen LogP contribution in [-0.4, -0.2) is 68.9 Å². The molecule has 5 aromatic rings. The molecule has 51 heavy (non-hydrogen) atoms. The van der Waals surface area contributed by atoms with Crippen molar-refractivity contribution < 1.29 is 22.7 Å². The number of nitrogens with two attached hydrogens (primary N) is 1. The minimum Gasteiger partial charge on any atom is -0.461 e. The summed E-state index contributed by atoms with van der Waals surface area (Å²) < 4.78 is 53.4. The van der Waals surface area contributed by atoms with E-state index >= 15 is 4.39 Å². The summed E-state index contributed by atoms with van der Waals surface area (Å²) in [6, 6.07) is 7.89. The Labute approximate surface area is 299 Å². The Bertz CT molecular complexity index is 2310. The first-order valence-corrected chi connectivity index (χ1v) is 17.9. The molecule has 0 radical (unpaired) electrons. The molecule has 3 aliphatic heterocycles. The van der Waals surface area contributed by atoms with Crippen LogP contribution in [0.1, 0.15) is 48.2 Å². The Hall–Kier alpha value is -4.71. The maximum absolute atomic E-state index is 17.1. The third kappa shape index (κ3) is 5.58. The number of aryl methyl sites for hydroxylation is 1. The van der Waals surface area contributed by atoms with Crippen LogP contribution in [0.2, 0.25) is 5.02 Å². The van der Waals surface area contributed by atoms with Gasteiger partial charge in [0.15, 0.2) is 5.82 Å². The number of nitriles is 1. The van der Waals surface area contributed by atoms with E-state index in [0.29, 0.717) is 62.0 Å². The van der Waals surface area contributed by atoms with Crippen molar-refractivity contribution in [1.82, 2.24) is 24.6 Å². The van der Waals surface area contributed by atoms with Crippen LogP contribution < -0.4 is 15.4 Å². The van der Waals surface area contributed by atoms with Crippen LogP contribution in [0.5, 0.6) is 6.01 Å². The first-order chi connectivity index (χ1) is 24.6. The van der Waals surface area contributed by atoms with Crippen LogP contribution in [0.3, 0.4) is 0 Å². The van der Waals surface area contributed by atoms with Crippen LogP contribution in [0, 0.1) is 35.8 Å². The molecule has 0 saturated carbocycles. The van der Waals surface area contributed by atoms with E-state index in [1.165, 1.54) is 16.8 Å². The van der Waals surface area contributed by atoms with E-state index in [0.717, 1.165) is 36.4 Å². The van der Waals surface area contributed by atoms with E-state index in [1.54, 1.807) is 18.3 Å². The SMILES string of the molecule is Cc1ccn(C(=O)C2CCN(c3nc(OC[C@@]45CCCN4C/C(=C\F)C5)nc4c(F)c(-c5ccc(F)c6sc(N)c(C#N)c56)c(Cl)cc34)CC2)n1. The molecule has 0 amide bonds. The molecular weight excluding hydrogens is 701 g/mol. The van der Waals surface area contributed by atoms with Gasteiger partial charge in [0.2, 0.25) is 5.91 Å². The third-order valence-corrected chi connectivity index (χ3v) is 11.8. The predicted octanol–water partition coefficient (Wildman–Crippen LogP) is 7.43. The van der Waals surface area contributed by atoms with Gasteiger partial charge < -0.3 is 15.4 Å². The van der Waals surface area contributed by atoms with Crippen molar-refractivity contribution in [3.63, 3.8) is 0 Å². The number of anilines is 2. The average Bonchev–Trinajstić information content (AvgIpc) is 3.90. The van der Waals surface area contributed by atoms with Crippen molar-refractivity contribution in [3.8, 4) is 23.2 Å². The molecule has 1 atom stereocenters. The van der Waals surface area contributed by atoms with Gasteiger partial charge in [-0.1, -0.05) is 17.7 Å². The van der Waals surface area contributed by atoms with Crippen molar-refractivity contribution >= 4 is 60.7 Å². The van der Waals surface area contributed by atoms with Gasteiger partial charge in [-0.25, -0.2) is 17.9 Å². The van der Waals surface area contributed by atoms with Crippen LogP contribution >= 0.6 is 22.9 Å². The molecule has 3 saturated heterocycles. The molecular formula is C36H32ClF3N8O2S. The molecule has 3 aliphatic rings. The van der Waals surface area contributed by atoms with Gasteiger partial charge in [-0.05, 0) is 74.9 Å². The van der Waals surface area contributed by atoms with Gasteiger partial charge in [-0.2, -0.15) is 20.3 Å². The summed E-state index contributed by atoms with van der Waals surface area (Å²) in [5.74, 6) is -1.35. The number of thiophene rings is 1. The number of carbonyl (C=O) groups excluding carboxylic acids is 1. The molecule has 0 spiro atoms. The normalized spacial score (nSPS) is 20.5. The third-order valence-electron chi connectivity index (χ3n) is 10.4. The number of hydrogen-bond acceptors (Lipinski definition) is 10. The van der Waals surface area contributed by atoms with Crippen LogP contribution in [0.4, 0.5) is 24.0 Å². The number of rotatable bonds is 6. The number of hydrogen-bond donors (Lipinski definition) is 1. The monoisotopic (exact) mass is 732 g/mol. The van der Waals surface area contributed by atoms with E-state index in [-0.39, 0.29) is 66.8 Å². The predicted molar refractivity (Wildman–Crippen MR) is 190 cm³/mol. The lowest BCUT2D eigenvalue weighted by molar-refractivity contribution is 0.0795. The zero-order valence-electron chi connectivity index (χ0n) is 27.6. The average molecular weight is 733 g/mol. The Balaban J connectivity index is 1.22. The fourth-order valence-corrected chi connectivity index (χ4v) is 9.18. The number of piperidine rings is 1. The highest BCUT2D eigenvalue weighted by Gasteiger charge is 2.47.